The van der Waals surface area contributed by atoms with Gasteiger partial charge in [-0.25, -0.2) is 9.78 Å². The van der Waals surface area contributed by atoms with Crippen LogP contribution in [0.3, 0.4) is 0 Å². The Morgan fingerprint density at radius 3 is 3.00 bits per heavy atom. The molecule has 0 aliphatic heterocycles. The number of pyridine rings is 2. The van der Waals surface area contributed by atoms with Crippen molar-refractivity contribution in [3.8, 4) is 11.6 Å². The monoisotopic (exact) mass is 276 g/mol. The molecule has 0 spiro atoms. The molecule has 19 heavy (non-hydrogen) atoms. The summed E-state index contributed by atoms with van der Waals surface area (Å²) in [5.41, 5.74) is 0.546. The third-order valence-electron chi connectivity index (χ3n) is 2.10. The first kappa shape index (κ1) is 13.0. The summed E-state index contributed by atoms with van der Waals surface area (Å²) >= 11 is 5.80. The molecule has 1 N–H and O–H groups in total. The molecule has 0 saturated heterocycles. The van der Waals surface area contributed by atoms with Gasteiger partial charge >= 0.3 is 5.97 Å². The van der Waals surface area contributed by atoms with E-state index in [4.69, 9.17) is 21.4 Å². The predicted molar refractivity (Wildman–Crippen MR) is 70.2 cm³/mol. The van der Waals surface area contributed by atoms with E-state index in [1.807, 2.05) is 0 Å². The van der Waals surface area contributed by atoms with Crippen LogP contribution in [0.4, 0.5) is 0 Å². The predicted octanol–water partition coefficient (Wildman–Crippen LogP) is 3.02. The van der Waals surface area contributed by atoms with E-state index in [2.05, 4.69) is 9.97 Å². The number of rotatable bonds is 4. The molecule has 0 aliphatic carbocycles. The van der Waals surface area contributed by atoms with E-state index < -0.39 is 5.97 Å². The molecule has 0 fully saturated rings. The maximum atomic E-state index is 10.5. The summed E-state index contributed by atoms with van der Waals surface area (Å²) in [4.78, 5) is 18.4. The van der Waals surface area contributed by atoms with Crippen LogP contribution in [-0.2, 0) is 4.79 Å². The summed E-state index contributed by atoms with van der Waals surface area (Å²) in [7, 11) is 0. The Morgan fingerprint density at radius 2 is 2.26 bits per heavy atom. The van der Waals surface area contributed by atoms with Gasteiger partial charge in [0.25, 0.3) is 0 Å². The molecule has 0 amide bonds. The number of carboxylic acids is 1. The summed E-state index contributed by atoms with van der Waals surface area (Å²) < 4.78 is 5.52. The molecule has 2 aromatic heterocycles. The number of nitrogens with zero attached hydrogens (tertiary/aromatic N) is 2. The Balaban J connectivity index is 2.27. The standard InChI is InChI=1S/C13H9ClN2O3/c14-10-6-11(8-15-7-10)19-13-9(2-1-5-16-13)3-4-12(17)18/h1-8H,(H,17,18)/b4-3+. The second-order valence-corrected chi connectivity index (χ2v) is 3.95. The van der Waals surface area contributed by atoms with Crippen molar-refractivity contribution in [2.75, 3.05) is 0 Å². The molecule has 2 rings (SSSR count). The van der Waals surface area contributed by atoms with Gasteiger partial charge in [-0.05, 0) is 18.2 Å². The molecule has 0 aliphatic rings. The van der Waals surface area contributed by atoms with Crippen LogP contribution in [0.15, 0.2) is 42.9 Å². The number of hydrogen-bond donors (Lipinski definition) is 1. The van der Waals surface area contributed by atoms with Crippen molar-refractivity contribution in [3.63, 3.8) is 0 Å². The smallest absolute Gasteiger partial charge is 0.328 e. The SMILES string of the molecule is O=C(O)/C=C/c1cccnc1Oc1cncc(Cl)c1. The maximum absolute atomic E-state index is 10.5. The molecule has 0 saturated carbocycles. The molecule has 0 bridgehead atoms. The lowest BCUT2D eigenvalue weighted by Crippen LogP contribution is -1.92. The highest BCUT2D eigenvalue weighted by atomic mass is 35.5. The van der Waals surface area contributed by atoms with Gasteiger partial charge in [-0.2, -0.15) is 0 Å². The van der Waals surface area contributed by atoms with Gasteiger partial charge in [-0.3, -0.25) is 4.98 Å². The zero-order chi connectivity index (χ0) is 13.7. The molecular formula is C13H9ClN2O3. The number of aromatic nitrogens is 2. The van der Waals surface area contributed by atoms with Crippen molar-refractivity contribution < 1.29 is 14.6 Å². The zero-order valence-electron chi connectivity index (χ0n) is 9.65. The Labute approximate surface area is 114 Å². The molecule has 0 unspecified atom stereocenters. The van der Waals surface area contributed by atoms with Gasteiger partial charge in [0.1, 0.15) is 5.75 Å². The fraction of sp³-hybridized carbons (Fsp3) is 0. The van der Waals surface area contributed by atoms with Crippen LogP contribution in [0.1, 0.15) is 5.56 Å². The fourth-order valence-corrected chi connectivity index (χ4v) is 1.50. The first-order valence-electron chi connectivity index (χ1n) is 5.29. The highest BCUT2D eigenvalue weighted by Crippen LogP contribution is 2.24. The van der Waals surface area contributed by atoms with Gasteiger partial charge in [0.15, 0.2) is 0 Å². The van der Waals surface area contributed by atoms with Crippen LogP contribution in [0.5, 0.6) is 11.6 Å². The normalized spacial score (nSPS) is 10.6. The highest BCUT2D eigenvalue weighted by molar-refractivity contribution is 6.30. The van der Waals surface area contributed by atoms with Crippen LogP contribution in [0.25, 0.3) is 6.08 Å². The van der Waals surface area contributed by atoms with E-state index in [1.54, 1.807) is 24.4 Å². The molecular weight excluding hydrogens is 268 g/mol. The number of halogens is 1. The minimum absolute atomic E-state index is 0.282. The number of carboxylic acid groups (broad SMARTS) is 1. The third-order valence-corrected chi connectivity index (χ3v) is 2.31. The minimum atomic E-state index is -1.04. The maximum Gasteiger partial charge on any atom is 0.328 e. The lowest BCUT2D eigenvalue weighted by molar-refractivity contribution is -0.131. The summed E-state index contributed by atoms with van der Waals surface area (Å²) in [6, 6.07) is 4.97. The summed E-state index contributed by atoms with van der Waals surface area (Å²) in [6.45, 7) is 0. The van der Waals surface area contributed by atoms with Gasteiger partial charge in [-0.15, -0.1) is 0 Å². The van der Waals surface area contributed by atoms with Crippen molar-refractivity contribution >= 4 is 23.6 Å². The van der Waals surface area contributed by atoms with E-state index in [9.17, 15) is 4.79 Å². The van der Waals surface area contributed by atoms with Crippen molar-refractivity contribution in [1.82, 2.24) is 9.97 Å². The van der Waals surface area contributed by atoms with Crippen molar-refractivity contribution in [3.05, 3.63) is 53.5 Å². The molecule has 6 heteroatoms. The molecule has 96 valence electrons. The summed E-state index contributed by atoms with van der Waals surface area (Å²) in [5.74, 6) is -0.334. The molecule has 0 aromatic carbocycles. The van der Waals surface area contributed by atoms with Crippen LogP contribution in [0, 0.1) is 0 Å². The minimum Gasteiger partial charge on any atom is -0.478 e. The molecule has 2 heterocycles. The molecule has 0 atom stereocenters. The largest absolute Gasteiger partial charge is 0.478 e. The third kappa shape index (κ3) is 3.79. The van der Waals surface area contributed by atoms with E-state index in [1.165, 1.54) is 18.5 Å². The number of ether oxygens (including phenoxy) is 1. The van der Waals surface area contributed by atoms with E-state index >= 15 is 0 Å². The second-order valence-electron chi connectivity index (χ2n) is 3.51. The van der Waals surface area contributed by atoms with E-state index in [-0.39, 0.29) is 5.88 Å². The van der Waals surface area contributed by atoms with Crippen molar-refractivity contribution in [2.45, 2.75) is 0 Å². The Hall–Kier alpha value is -2.40. The van der Waals surface area contributed by atoms with Crippen molar-refractivity contribution in [2.24, 2.45) is 0 Å². The van der Waals surface area contributed by atoms with E-state index in [0.29, 0.717) is 16.3 Å². The number of aliphatic carboxylic acids is 1. The topological polar surface area (TPSA) is 72.3 Å². The fourth-order valence-electron chi connectivity index (χ4n) is 1.34. The van der Waals surface area contributed by atoms with E-state index in [0.717, 1.165) is 6.08 Å². The molecule has 2 aromatic rings. The highest BCUT2D eigenvalue weighted by Gasteiger charge is 2.05. The first-order valence-corrected chi connectivity index (χ1v) is 5.67. The van der Waals surface area contributed by atoms with Crippen molar-refractivity contribution in [1.29, 1.82) is 0 Å². The summed E-state index contributed by atoms with van der Waals surface area (Å²) in [5, 5.41) is 9.06. The Kier molecular flexibility index (Phi) is 4.10. The quantitative estimate of drug-likeness (QED) is 0.869. The van der Waals surface area contributed by atoms with Crippen LogP contribution >= 0.6 is 11.6 Å². The van der Waals surface area contributed by atoms with Crippen LogP contribution in [0.2, 0.25) is 5.02 Å². The lowest BCUT2D eigenvalue weighted by atomic mass is 10.2. The Bertz CT molecular complexity index is 629. The first-order chi connectivity index (χ1) is 9.15. The molecule has 5 nitrogen and oxygen atoms in total. The zero-order valence-corrected chi connectivity index (χ0v) is 10.4. The van der Waals surface area contributed by atoms with Gasteiger partial charge in [0, 0.05) is 30.1 Å². The van der Waals surface area contributed by atoms with Gasteiger partial charge < -0.3 is 9.84 Å². The number of hydrogen-bond acceptors (Lipinski definition) is 4. The average molecular weight is 277 g/mol. The average Bonchev–Trinajstić information content (AvgIpc) is 2.38. The van der Waals surface area contributed by atoms with Crippen LogP contribution in [-0.4, -0.2) is 21.0 Å². The second kappa shape index (κ2) is 5.97. The summed E-state index contributed by atoms with van der Waals surface area (Å²) in [6.07, 6.45) is 6.94. The number of carbonyl (C=O) groups is 1. The van der Waals surface area contributed by atoms with Crippen LogP contribution < -0.4 is 4.74 Å². The van der Waals surface area contributed by atoms with Gasteiger partial charge in [0.05, 0.1) is 11.2 Å². The van der Waals surface area contributed by atoms with Gasteiger partial charge in [0.2, 0.25) is 5.88 Å². The van der Waals surface area contributed by atoms with Gasteiger partial charge in [-0.1, -0.05) is 11.6 Å². The molecule has 0 radical (unpaired) electrons. The lowest BCUT2D eigenvalue weighted by Gasteiger charge is -2.06. The Morgan fingerprint density at radius 1 is 1.42 bits per heavy atom.